The Kier molecular flexibility index (Phi) is 3.64. The number of ether oxygens (including phenoxy) is 1. The number of rotatable bonds is 2. The van der Waals surface area contributed by atoms with Crippen molar-refractivity contribution in [3.05, 3.63) is 23.2 Å². The molecule has 4 nitrogen and oxygen atoms in total. The molecule has 2 rings (SSSR count). The molecule has 1 aliphatic heterocycles. The van der Waals surface area contributed by atoms with Gasteiger partial charge >= 0.3 is 6.36 Å². The molecule has 1 amide bonds. The second-order valence-corrected chi connectivity index (χ2v) is 4.88. The summed E-state index contributed by atoms with van der Waals surface area (Å²) in [6, 6.07) is 3.37. The van der Waals surface area contributed by atoms with E-state index in [0.717, 1.165) is 28.8 Å². The summed E-state index contributed by atoms with van der Waals surface area (Å²) in [5.74, 6) is -1.07. The van der Waals surface area contributed by atoms with Gasteiger partial charge < -0.3 is 4.74 Å². The smallest absolute Gasteiger partial charge is 0.404 e. The quantitative estimate of drug-likeness (QED) is 0.912. The molecule has 102 valence electrons. The molecule has 0 radical (unpaired) electrons. The Morgan fingerprint density at radius 2 is 2.11 bits per heavy atom. The molecule has 0 atom stereocenters. The van der Waals surface area contributed by atoms with Gasteiger partial charge in [-0.3, -0.25) is 15.1 Å². The van der Waals surface area contributed by atoms with Crippen molar-refractivity contribution in [3.8, 4) is 5.75 Å². The van der Waals surface area contributed by atoms with Gasteiger partial charge in [0.2, 0.25) is 5.91 Å². The van der Waals surface area contributed by atoms with E-state index in [9.17, 15) is 18.0 Å². The normalized spacial score (nSPS) is 16.1. The average Bonchev–Trinajstić information content (AvgIpc) is 2.60. The maximum Gasteiger partial charge on any atom is 0.573 e. The van der Waals surface area contributed by atoms with Crippen LogP contribution in [0.5, 0.6) is 5.75 Å². The van der Waals surface area contributed by atoms with Gasteiger partial charge in [0.05, 0.1) is 11.4 Å². The zero-order valence-electron chi connectivity index (χ0n) is 9.12. The first-order chi connectivity index (χ1) is 8.78. The molecule has 1 saturated heterocycles. The van der Waals surface area contributed by atoms with E-state index in [1.165, 1.54) is 6.07 Å². The lowest BCUT2D eigenvalue weighted by molar-refractivity contribution is -0.274. The fourth-order valence-corrected chi connectivity index (χ4v) is 2.38. The predicted octanol–water partition coefficient (Wildman–Crippen LogP) is 3.25. The summed E-state index contributed by atoms with van der Waals surface area (Å²) >= 11 is 6.63. The van der Waals surface area contributed by atoms with Crippen LogP contribution in [0.4, 0.5) is 18.9 Å². The molecule has 1 N–H and O–H groups in total. The van der Waals surface area contributed by atoms with Crippen molar-refractivity contribution in [1.29, 1.82) is 5.41 Å². The topological polar surface area (TPSA) is 53.4 Å². The Bertz CT molecular complexity index is 534. The minimum atomic E-state index is -4.89. The zero-order valence-corrected chi connectivity index (χ0v) is 10.7. The molecular formula is C10H6ClF3N2O2S. The third-order valence-corrected chi connectivity index (χ3v) is 3.25. The monoisotopic (exact) mass is 310 g/mol. The number of thioether (sulfide) groups is 1. The van der Waals surface area contributed by atoms with Gasteiger partial charge in [-0.15, -0.1) is 13.2 Å². The number of amidine groups is 1. The van der Waals surface area contributed by atoms with Gasteiger partial charge in [0.1, 0.15) is 0 Å². The number of hydrogen-bond acceptors (Lipinski definition) is 4. The SMILES string of the molecule is N=C1SCC(=O)N1c1cc(Cl)ccc1OC(F)(F)F. The van der Waals surface area contributed by atoms with E-state index in [0.29, 0.717) is 0 Å². The van der Waals surface area contributed by atoms with E-state index in [1.54, 1.807) is 0 Å². The molecule has 0 bridgehead atoms. The van der Waals surface area contributed by atoms with Gasteiger partial charge in [0, 0.05) is 5.02 Å². The molecule has 0 aromatic heterocycles. The summed E-state index contributed by atoms with van der Waals surface area (Å²) in [5.41, 5.74) is -0.190. The number of halogens is 4. The van der Waals surface area contributed by atoms with Crippen molar-refractivity contribution in [2.45, 2.75) is 6.36 Å². The molecule has 1 aromatic carbocycles. The number of hydrogen-bond donors (Lipinski definition) is 1. The summed E-state index contributed by atoms with van der Waals surface area (Å²) in [6.45, 7) is 0. The van der Waals surface area contributed by atoms with Gasteiger partial charge in [-0.05, 0) is 18.2 Å². The van der Waals surface area contributed by atoms with Gasteiger partial charge in [0.25, 0.3) is 0 Å². The highest BCUT2D eigenvalue weighted by molar-refractivity contribution is 8.15. The number of benzene rings is 1. The molecule has 1 aliphatic rings. The number of nitrogens with zero attached hydrogens (tertiary/aromatic N) is 1. The Labute approximate surface area is 115 Å². The molecule has 1 fully saturated rings. The standard InChI is InChI=1S/C10H6ClF3N2O2S/c11-5-1-2-7(18-10(12,13)14)6(3-5)16-8(17)4-19-9(16)15/h1-3,15H,4H2. The number of nitrogens with one attached hydrogen (secondary N) is 1. The van der Waals surface area contributed by atoms with E-state index in [4.69, 9.17) is 17.0 Å². The first kappa shape index (κ1) is 14.0. The van der Waals surface area contributed by atoms with Crippen LogP contribution in [-0.2, 0) is 4.79 Å². The van der Waals surface area contributed by atoms with Crippen molar-refractivity contribution >= 4 is 40.1 Å². The van der Waals surface area contributed by atoms with E-state index in [1.807, 2.05) is 0 Å². The summed E-state index contributed by atoms with van der Waals surface area (Å²) in [6.07, 6.45) is -4.89. The average molecular weight is 311 g/mol. The molecule has 1 heterocycles. The Balaban J connectivity index is 2.45. The summed E-state index contributed by atoms with van der Waals surface area (Å²) < 4.78 is 40.7. The van der Waals surface area contributed by atoms with Crippen molar-refractivity contribution < 1.29 is 22.7 Å². The summed E-state index contributed by atoms with van der Waals surface area (Å²) in [4.78, 5) is 12.4. The molecule has 0 spiro atoms. The van der Waals surface area contributed by atoms with Crippen LogP contribution in [-0.4, -0.2) is 23.2 Å². The second kappa shape index (κ2) is 4.93. The lowest BCUT2D eigenvalue weighted by atomic mass is 10.2. The highest BCUT2D eigenvalue weighted by atomic mass is 35.5. The number of anilines is 1. The molecular weight excluding hydrogens is 305 g/mol. The summed E-state index contributed by atoms with van der Waals surface area (Å²) in [5, 5.41) is 7.53. The number of amides is 1. The first-order valence-corrected chi connectivity index (χ1v) is 6.24. The van der Waals surface area contributed by atoms with E-state index < -0.39 is 18.0 Å². The Hall–Kier alpha value is -1.41. The molecule has 1 aromatic rings. The zero-order chi connectivity index (χ0) is 14.2. The van der Waals surface area contributed by atoms with Crippen LogP contribution in [0.1, 0.15) is 0 Å². The highest BCUT2D eigenvalue weighted by Gasteiger charge is 2.36. The molecule has 9 heteroatoms. The molecule has 19 heavy (non-hydrogen) atoms. The van der Waals surface area contributed by atoms with Crippen molar-refractivity contribution in [3.63, 3.8) is 0 Å². The lowest BCUT2D eigenvalue weighted by Gasteiger charge is -2.20. The van der Waals surface area contributed by atoms with Crippen LogP contribution in [0.2, 0.25) is 5.02 Å². The van der Waals surface area contributed by atoms with E-state index in [2.05, 4.69) is 4.74 Å². The van der Waals surface area contributed by atoms with Gasteiger partial charge in [-0.1, -0.05) is 23.4 Å². The van der Waals surface area contributed by atoms with Crippen molar-refractivity contribution in [1.82, 2.24) is 0 Å². The fourth-order valence-electron chi connectivity index (χ4n) is 1.49. The fraction of sp³-hybridized carbons (Fsp3) is 0.200. The van der Waals surface area contributed by atoms with Gasteiger partial charge in [-0.25, -0.2) is 0 Å². The molecule has 0 aliphatic carbocycles. The molecule has 0 saturated carbocycles. The van der Waals surface area contributed by atoms with Gasteiger partial charge in [0.15, 0.2) is 10.9 Å². The van der Waals surface area contributed by atoms with Crippen LogP contribution in [0.25, 0.3) is 0 Å². The van der Waals surface area contributed by atoms with Crippen molar-refractivity contribution in [2.24, 2.45) is 0 Å². The van der Waals surface area contributed by atoms with Gasteiger partial charge in [-0.2, -0.15) is 0 Å². The van der Waals surface area contributed by atoms with Crippen LogP contribution in [0.3, 0.4) is 0 Å². The number of carbonyl (C=O) groups excluding carboxylic acids is 1. The van der Waals surface area contributed by atoms with E-state index in [-0.39, 0.29) is 21.6 Å². The highest BCUT2D eigenvalue weighted by Crippen LogP contribution is 2.38. The van der Waals surface area contributed by atoms with Crippen LogP contribution in [0.15, 0.2) is 18.2 Å². The van der Waals surface area contributed by atoms with E-state index >= 15 is 0 Å². The number of alkyl halides is 3. The number of carbonyl (C=O) groups is 1. The minimum absolute atomic E-state index is 0.00317. The maximum atomic E-state index is 12.3. The Morgan fingerprint density at radius 3 is 2.63 bits per heavy atom. The van der Waals surface area contributed by atoms with Crippen LogP contribution < -0.4 is 9.64 Å². The second-order valence-electron chi connectivity index (χ2n) is 3.48. The third kappa shape index (κ3) is 3.13. The Morgan fingerprint density at radius 1 is 1.42 bits per heavy atom. The lowest BCUT2D eigenvalue weighted by Crippen LogP contribution is -2.30. The largest absolute Gasteiger partial charge is 0.573 e. The van der Waals surface area contributed by atoms with Crippen molar-refractivity contribution in [2.75, 3.05) is 10.7 Å². The third-order valence-electron chi connectivity index (χ3n) is 2.17. The molecule has 0 unspecified atom stereocenters. The van der Waals surface area contributed by atoms with Crippen LogP contribution >= 0.6 is 23.4 Å². The predicted molar refractivity (Wildman–Crippen MR) is 65.8 cm³/mol. The minimum Gasteiger partial charge on any atom is -0.404 e. The first-order valence-electron chi connectivity index (χ1n) is 4.87. The maximum absolute atomic E-state index is 12.3. The summed E-state index contributed by atoms with van der Waals surface area (Å²) in [7, 11) is 0. The van der Waals surface area contributed by atoms with Crippen LogP contribution in [0, 0.1) is 5.41 Å².